The molecule has 4 rings (SSSR count). The molecule has 0 aliphatic carbocycles. The molecule has 0 saturated carbocycles. The molecule has 3 N–H and O–H groups in total. The van der Waals surface area contributed by atoms with Crippen LogP contribution >= 0.6 is 11.6 Å². The van der Waals surface area contributed by atoms with E-state index in [2.05, 4.69) is 10.3 Å². The molecule has 5 nitrogen and oxygen atoms in total. The third kappa shape index (κ3) is 4.11. The number of benzene rings is 2. The zero-order chi connectivity index (χ0) is 21.5. The standard InChI is InChI=1S/C21H18ClF3N2O3/c22-16-3-1-11(7-15(16)21(23,24)25)10-30-12-2-4-17-14(8-12)13-5-6-26-18(9-19(28)29)20(13)27-17/h1-4,7-8,18,26-27H,5-6,9-10H2,(H,28,29). The summed E-state index contributed by atoms with van der Waals surface area (Å²) in [5, 5.41) is 12.9. The molecule has 0 radical (unpaired) electrons. The first kappa shape index (κ1) is 20.6. The summed E-state index contributed by atoms with van der Waals surface area (Å²) in [6, 6.07) is 8.78. The minimum absolute atomic E-state index is 0.0265. The van der Waals surface area contributed by atoms with Crippen LogP contribution < -0.4 is 10.1 Å². The van der Waals surface area contributed by atoms with Gasteiger partial charge in [-0.05, 0) is 54.4 Å². The molecule has 1 aliphatic heterocycles. The number of rotatable bonds is 5. The van der Waals surface area contributed by atoms with Crippen LogP contribution in [0.15, 0.2) is 36.4 Å². The Kier molecular flexibility index (Phi) is 5.38. The summed E-state index contributed by atoms with van der Waals surface area (Å²) in [6.07, 6.45) is -3.82. The van der Waals surface area contributed by atoms with Gasteiger partial charge < -0.3 is 20.1 Å². The van der Waals surface area contributed by atoms with Crippen LogP contribution in [0.5, 0.6) is 5.75 Å². The zero-order valence-corrected chi connectivity index (χ0v) is 16.4. The van der Waals surface area contributed by atoms with Crippen LogP contribution in [0.1, 0.15) is 34.8 Å². The van der Waals surface area contributed by atoms with E-state index in [0.29, 0.717) is 17.9 Å². The lowest BCUT2D eigenvalue weighted by atomic mass is 9.97. The molecule has 3 aromatic rings. The molecule has 0 spiro atoms. The summed E-state index contributed by atoms with van der Waals surface area (Å²) in [5.74, 6) is -0.370. The highest BCUT2D eigenvalue weighted by atomic mass is 35.5. The van der Waals surface area contributed by atoms with Crippen LogP contribution in [0.25, 0.3) is 10.9 Å². The average Bonchev–Trinajstić information content (AvgIpc) is 3.05. The van der Waals surface area contributed by atoms with Crippen molar-refractivity contribution in [3.63, 3.8) is 0 Å². The molecule has 2 heterocycles. The van der Waals surface area contributed by atoms with Gasteiger partial charge in [0.05, 0.1) is 23.0 Å². The summed E-state index contributed by atoms with van der Waals surface area (Å²) in [4.78, 5) is 14.4. The quantitative estimate of drug-likeness (QED) is 0.519. The Morgan fingerprint density at radius 1 is 1.23 bits per heavy atom. The number of carboxylic acid groups (broad SMARTS) is 1. The predicted octanol–water partition coefficient (Wildman–Crippen LogP) is 5.08. The first-order chi connectivity index (χ1) is 14.2. The average molecular weight is 439 g/mol. The van der Waals surface area contributed by atoms with E-state index >= 15 is 0 Å². The maximum Gasteiger partial charge on any atom is 0.417 e. The number of carboxylic acids is 1. The monoisotopic (exact) mass is 438 g/mol. The number of nitrogens with one attached hydrogen (secondary N) is 2. The highest BCUT2D eigenvalue weighted by Crippen LogP contribution is 2.36. The van der Waals surface area contributed by atoms with Crippen LogP contribution in [-0.4, -0.2) is 22.6 Å². The minimum atomic E-state index is -4.53. The summed E-state index contributed by atoms with van der Waals surface area (Å²) in [6.45, 7) is 0.621. The lowest BCUT2D eigenvalue weighted by Crippen LogP contribution is -2.31. The first-order valence-corrected chi connectivity index (χ1v) is 9.68. The first-order valence-electron chi connectivity index (χ1n) is 9.30. The Morgan fingerprint density at radius 3 is 2.77 bits per heavy atom. The Balaban J connectivity index is 1.57. The van der Waals surface area contributed by atoms with Crippen LogP contribution in [0, 0.1) is 0 Å². The van der Waals surface area contributed by atoms with Crippen molar-refractivity contribution in [3.8, 4) is 5.75 Å². The molecule has 30 heavy (non-hydrogen) atoms. The second kappa shape index (κ2) is 7.85. The van der Waals surface area contributed by atoms with Gasteiger partial charge in [-0.15, -0.1) is 0 Å². The van der Waals surface area contributed by atoms with Crippen molar-refractivity contribution in [1.29, 1.82) is 0 Å². The summed E-state index contributed by atoms with van der Waals surface area (Å²) < 4.78 is 44.8. The highest BCUT2D eigenvalue weighted by Gasteiger charge is 2.33. The van der Waals surface area contributed by atoms with Gasteiger partial charge in [-0.3, -0.25) is 4.79 Å². The molecule has 1 aromatic heterocycles. The second-order valence-corrected chi connectivity index (χ2v) is 7.59. The minimum Gasteiger partial charge on any atom is -0.489 e. The highest BCUT2D eigenvalue weighted by molar-refractivity contribution is 6.31. The smallest absolute Gasteiger partial charge is 0.417 e. The maximum atomic E-state index is 13.0. The van der Waals surface area contributed by atoms with E-state index in [-0.39, 0.29) is 24.1 Å². The fourth-order valence-corrected chi connectivity index (χ4v) is 4.00. The normalized spacial score (nSPS) is 16.5. The molecule has 0 fully saturated rings. The number of halogens is 4. The van der Waals surface area contributed by atoms with Crippen molar-refractivity contribution < 1.29 is 27.8 Å². The number of carbonyl (C=O) groups is 1. The third-order valence-electron chi connectivity index (χ3n) is 5.15. The molecule has 1 atom stereocenters. The van der Waals surface area contributed by atoms with Gasteiger partial charge >= 0.3 is 12.1 Å². The number of aromatic amines is 1. The van der Waals surface area contributed by atoms with E-state index in [1.807, 2.05) is 12.1 Å². The van der Waals surface area contributed by atoms with E-state index in [1.54, 1.807) is 6.07 Å². The number of hydrogen-bond acceptors (Lipinski definition) is 3. The molecule has 2 aromatic carbocycles. The predicted molar refractivity (Wildman–Crippen MR) is 106 cm³/mol. The zero-order valence-electron chi connectivity index (χ0n) is 15.6. The lowest BCUT2D eigenvalue weighted by Gasteiger charge is -2.22. The maximum absolute atomic E-state index is 13.0. The van der Waals surface area contributed by atoms with Crippen molar-refractivity contribution in [3.05, 3.63) is 63.8 Å². The summed E-state index contributed by atoms with van der Waals surface area (Å²) >= 11 is 5.66. The Hall–Kier alpha value is -2.71. The van der Waals surface area contributed by atoms with E-state index in [0.717, 1.165) is 34.6 Å². The molecular weight excluding hydrogens is 421 g/mol. The second-order valence-electron chi connectivity index (χ2n) is 7.18. The number of ether oxygens (including phenoxy) is 1. The van der Waals surface area contributed by atoms with Crippen LogP contribution in [0.3, 0.4) is 0 Å². The van der Waals surface area contributed by atoms with Crippen LogP contribution in [0.4, 0.5) is 13.2 Å². The number of aromatic nitrogens is 1. The Bertz CT molecular complexity index is 1110. The molecule has 0 saturated heterocycles. The largest absolute Gasteiger partial charge is 0.489 e. The van der Waals surface area contributed by atoms with Gasteiger partial charge in [-0.1, -0.05) is 17.7 Å². The number of hydrogen-bond donors (Lipinski definition) is 3. The van der Waals surface area contributed by atoms with Gasteiger partial charge in [0.1, 0.15) is 12.4 Å². The van der Waals surface area contributed by atoms with Gasteiger partial charge in [0, 0.05) is 16.6 Å². The molecule has 0 amide bonds. The van der Waals surface area contributed by atoms with Crippen LogP contribution in [0.2, 0.25) is 5.02 Å². The van der Waals surface area contributed by atoms with Gasteiger partial charge in [-0.2, -0.15) is 13.2 Å². The molecule has 1 aliphatic rings. The van der Waals surface area contributed by atoms with E-state index < -0.39 is 17.7 Å². The van der Waals surface area contributed by atoms with E-state index in [1.165, 1.54) is 12.1 Å². The topological polar surface area (TPSA) is 74.4 Å². The fourth-order valence-electron chi connectivity index (χ4n) is 3.77. The van der Waals surface area contributed by atoms with Gasteiger partial charge in [0.2, 0.25) is 0 Å². The fraction of sp³-hybridized carbons (Fsp3) is 0.286. The molecule has 158 valence electrons. The van der Waals surface area contributed by atoms with E-state index in [4.69, 9.17) is 21.4 Å². The summed E-state index contributed by atoms with van der Waals surface area (Å²) in [5.41, 5.74) is 2.21. The van der Waals surface area contributed by atoms with Crippen molar-refractivity contribution in [2.45, 2.75) is 31.7 Å². The number of aliphatic carboxylic acids is 1. The van der Waals surface area contributed by atoms with Gasteiger partial charge in [0.25, 0.3) is 0 Å². The van der Waals surface area contributed by atoms with Crippen molar-refractivity contribution in [2.24, 2.45) is 0 Å². The number of H-pyrrole nitrogens is 1. The SMILES string of the molecule is O=C(O)CC1NCCc2c1[nH]c1ccc(OCc3ccc(Cl)c(C(F)(F)F)c3)cc21. The molecular formula is C21H18ClF3N2O3. The number of alkyl halides is 3. The molecule has 9 heteroatoms. The molecule has 1 unspecified atom stereocenters. The lowest BCUT2D eigenvalue weighted by molar-refractivity contribution is -0.138. The van der Waals surface area contributed by atoms with Crippen LogP contribution in [-0.2, 0) is 24.0 Å². The van der Waals surface area contributed by atoms with Crippen molar-refractivity contribution >= 4 is 28.5 Å². The van der Waals surface area contributed by atoms with Crippen molar-refractivity contribution in [1.82, 2.24) is 10.3 Å². The number of fused-ring (bicyclic) bond motifs is 3. The summed E-state index contributed by atoms with van der Waals surface area (Å²) in [7, 11) is 0. The Morgan fingerprint density at radius 2 is 2.03 bits per heavy atom. The van der Waals surface area contributed by atoms with E-state index in [9.17, 15) is 18.0 Å². The Labute approximate surface area is 174 Å². The molecule has 0 bridgehead atoms. The van der Waals surface area contributed by atoms with Gasteiger partial charge in [0.15, 0.2) is 0 Å². The van der Waals surface area contributed by atoms with Gasteiger partial charge in [-0.25, -0.2) is 0 Å². The van der Waals surface area contributed by atoms with Crippen molar-refractivity contribution in [2.75, 3.05) is 6.54 Å². The third-order valence-corrected chi connectivity index (χ3v) is 5.47.